The largest absolute Gasteiger partial charge is 0.495 e. The maximum atomic E-state index is 12.5. The number of hydrogen-bond acceptors (Lipinski definition) is 2. The molecule has 0 fully saturated rings. The van der Waals surface area contributed by atoms with Crippen molar-refractivity contribution in [1.29, 1.82) is 0 Å². The number of aromatic nitrogens is 1. The van der Waals surface area contributed by atoms with Crippen LogP contribution < -0.4 is 10.3 Å². The summed E-state index contributed by atoms with van der Waals surface area (Å²) in [6.45, 7) is 2.47. The number of pyridine rings is 1. The van der Waals surface area contributed by atoms with E-state index in [0.717, 1.165) is 32.3 Å². The molecule has 4 heteroatoms. The van der Waals surface area contributed by atoms with E-state index in [2.05, 4.69) is 15.9 Å². The molecule has 22 heavy (non-hydrogen) atoms. The lowest BCUT2D eigenvalue weighted by Gasteiger charge is -2.15. The second-order valence-electron chi connectivity index (χ2n) is 5.23. The summed E-state index contributed by atoms with van der Waals surface area (Å²) in [6, 6.07) is 15.5. The second kappa shape index (κ2) is 5.97. The van der Waals surface area contributed by atoms with Crippen LogP contribution in [0.25, 0.3) is 10.9 Å². The van der Waals surface area contributed by atoms with E-state index in [-0.39, 0.29) is 5.56 Å². The van der Waals surface area contributed by atoms with E-state index in [9.17, 15) is 4.79 Å². The van der Waals surface area contributed by atoms with Crippen LogP contribution in [0.5, 0.6) is 5.75 Å². The fraction of sp³-hybridized carbons (Fsp3) is 0.167. The summed E-state index contributed by atoms with van der Waals surface area (Å²) in [5.74, 6) is 0.718. The zero-order valence-corrected chi connectivity index (χ0v) is 14.1. The molecule has 112 valence electrons. The highest BCUT2D eigenvalue weighted by molar-refractivity contribution is 9.10. The topological polar surface area (TPSA) is 31.2 Å². The van der Waals surface area contributed by atoms with Crippen LogP contribution in [0.1, 0.15) is 11.1 Å². The van der Waals surface area contributed by atoms with Crippen molar-refractivity contribution in [2.45, 2.75) is 13.5 Å². The average Bonchev–Trinajstić information content (AvgIpc) is 2.52. The van der Waals surface area contributed by atoms with Crippen LogP contribution in [0.2, 0.25) is 0 Å². The third-order valence-corrected chi connectivity index (χ3v) is 4.30. The number of methoxy groups -OCH3 is 1. The summed E-state index contributed by atoms with van der Waals surface area (Å²) in [5.41, 5.74) is 2.86. The maximum absolute atomic E-state index is 12.5. The minimum absolute atomic E-state index is 0.0163. The first-order chi connectivity index (χ1) is 10.6. The molecule has 0 aliphatic rings. The van der Waals surface area contributed by atoms with E-state index in [1.54, 1.807) is 17.7 Å². The Labute approximate surface area is 137 Å². The number of fused-ring (bicyclic) bond motifs is 1. The van der Waals surface area contributed by atoms with Gasteiger partial charge in [0.1, 0.15) is 5.75 Å². The Morgan fingerprint density at radius 1 is 1.14 bits per heavy atom. The fourth-order valence-electron chi connectivity index (χ4n) is 2.66. The Hall–Kier alpha value is -2.07. The molecule has 3 rings (SSSR count). The van der Waals surface area contributed by atoms with E-state index in [1.807, 2.05) is 49.4 Å². The molecule has 0 unspecified atom stereocenters. The van der Waals surface area contributed by atoms with Gasteiger partial charge in [-0.05, 0) is 36.2 Å². The first kappa shape index (κ1) is 14.9. The van der Waals surface area contributed by atoms with Gasteiger partial charge in [-0.3, -0.25) is 4.79 Å². The highest BCUT2D eigenvalue weighted by atomic mass is 79.9. The summed E-state index contributed by atoms with van der Waals surface area (Å²) >= 11 is 3.43. The molecular formula is C18H16BrNO2. The molecule has 0 saturated carbocycles. The summed E-state index contributed by atoms with van der Waals surface area (Å²) in [7, 11) is 1.63. The molecule has 0 aliphatic heterocycles. The van der Waals surface area contributed by atoms with Crippen molar-refractivity contribution in [1.82, 2.24) is 4.57 Å². The van der Waals surface area contributed by atoms with Gasteiger partial charge < -0.3 is 9.30 Å². The van der Waals surface area contributed by atoms with Gasteiger partial charge in [-0.2, -0.15) is 0 Å². The normalized spacial score (nSPS) is 10.9. The van der Waals surface area contributed by atoms with Gasteiger partial charge in [-0.25, -0.2) is 0 Å². The van der Waals surface area contributed by atoms with Crippen molar-refractivity contribution < 1.29 is 4.74 Å². The number of rotatable bonds is 3. The average molecular weight is 358 g/mol. The molecule has 1 aromatic heterocycles. The highest BCUT2D eigenvalue weighted by Crippen LogP contribution is 2.27. The van der Waals surface area contributed by atoms with Crippen LogP contribution in [0.3, 0.4) is 0 Å². The lowest BCUT2D eigenvalue weighted by atomic mass is 10.1. The van der Waals surface area contributed by atoms with Gasteiger partial charge in [-0.15, -0.1) is 0 Å². The minimum Gasteiger partial charge on any atom is -0.495 e. The number of hydrogen-bond donors (Lipinski definition) is 0. The van der Waals surface area contributed by atoms with Crippen molar-refractivity contribution in [3.05, 3.63) is 74.5 Å². The summed E-state index contributed by atoms with van der Waals surface area (Å²) < 4.78 is 8.26. The Bertz CT molecular complexity index is 882. The number of para-hydroxylation sites is 1. The van der Waals surface area contributed by atoms with Gasteiger partial charge in [0, 0.05) is 15.9 Å². The predicted octanol–water partition coefficient (Wildman–Crippen LogP) is 4.13. The van der Waals surface area contributed by atoms with E-state index >= 15 is 0 Å². The second-order valence-corrected chi connectivity index (χ2v) is 6.15. The van der Waals surface area contributed by atoms with Crippen molar-refractivity contribution in [2.75, 3.05) is 7.11 Å². The quantitative estimate of drug-likeness (QED) is 0.705. The molecule has 3 aromatic rings. The molecule has 0 atom stereocenters. The summed E-state index contributed by atoms with van der Waals surface area (Å²) in [4.78, 5) is 12.5. The monoisotopic (exact) mass is 357 g/mol. The zero-order valence-electron chi connectivity index (χ0n) is 12.5. The smallest absolute Gasteiger partial charge is 0.251 e. The Kier molecular flexibility index (Phi) is 4.03. The van der Waals surface area contributed by atoms with Gasteiger partial charge in [-0.1, -0.05) is 40.2 Å². The molecule has 0 radical (unpaired) electrons. The molecule has 0 bridgehead atoms. The molecule has 2 aromatic carbocycles. The standard InChI is InChI=1S/C18H16BrNO2/c1-12-10-17(21)20(11-13-6-8-14(19)9-7-13)18-15(12)4-3-5-16(18)22-2/h3-10H,11H2,1-2H3. The molecule has 0 aliphatic carbocycles. The Morgan fingerprint density at radius 2 is 1.86 bits per heavy atom. The third kappa shape index (κ3) is 2.66. The van der Waals surface area contributed by atoms with Crippen molar-refractivity contribution in [2.24, 2.45) is 0 Å². The Balaban J connectivity index is 2.24. The van der Waals surface area contributed by atoms with E-state index in [1.165, 1.54) is 0 Å². The van der Waals surface area contributed by atoms with Gasteiger partial charge in [0.05, 0.1) is 19.2 Å². The number of ether oxygens (including phenoxy) is 1. The van der Waals surface area contributed by atoms with Gasteiger partial charge in [0.15, 0.2) is 0 Å². The molecule has 0 spiro atoms. The number of halogens is 1. The lowest BCUT2D eigenvalue weighted by Crippen LogP contribution is -2.21. The minimum atomic E-state index is -0.0163. The van der Waals surface area contributed by atoms with Crippen LogP contribution in [0.15, 0.2) is 57.8 Å². The van der Waals surface area contributed by atoms with Gasteiger partial charge >= 0.3 is 0 Å². The number of benzene rings is 2. The van der Waals surface area contributed by atoms with Crippen LogP contribution in [0, 0.1) is 6.92 Å². The fourth-order valence-corrected chi connectivity index (χ4v) is 2.93. The molecule has 0 N–H and O–H groups in total. The van der Waals surface area contributed by atoms with Gasteiger partial charge in [0.2, 0.25) is 0 Å². The molecule has 0 saturated heterocycles. The Morgan fingerprint density at radius 3 is 2.55 bits per heavy atom. The number of aryl methyl sites for hydroxylation is 1. The van der Waals surface area contributed by atoms with Crippen molar-refractivity contribution in [3.63, 3.8) is 0 Å². The molecule has 1 heterocycles. The van der Waals surface area contributed by atoms with Crippen LogP contribution in [-0.2, 0) is 6.54 Å². The highest BCUT2D eigenvalue weighted by Gasteiger charge is 2.11. The van der Waals surface area contributed by atoms with Crippen LogP contribution in [0.4, 0.5) is 0 Å². The SMILES string of the molecule is COc1cccc2c(C)cc(=O)n(Cc3ccc(Br)cc3)c12. The first-order valence-corrected chi connectivity index (χ1v) is 7.81. The molecule has 0 amide bonds. The van der Waals surface area contributed by atoms with Crippen LogP contribution >= 0.6 is 15.9 Å². The zero-order chi connectivity index (χ0) is 15.7. The number of nitrogens with zero attached hydrogens (tertiary/aromatic N) is 1. The van der Waals surface area contributed by atoms with Gasteiger partial charge in [0.25, 0.3) is 5.56 Å². The van der Waals surface area contributed by atoms with Crippen LogP contribution in [-0.4, -0.2) is 11.7 Å². The third-order valence-electron chi connectivity index (χ3n) is 3.77. The van der Waals surface area contributed by atoms with E-state index in [4.69, 9.17) is 4.74 Å². The predicted molar refractivity (Wildman–Crippen MR) is 92.7 cm³/mol. The van der Waals surface area contributed by atoms with E-state index < -0.39 is 0 Å². The van der Waals surface area contributed by atoms with Crippen molar-refractivity contribution in [3.8, 4) is 5.75 Å². The molecular weight excluding hydrogens is 342 g/mol. The summed E-state index contributed by atoms with van der Waals surface area (Å²) in [6.07, 6.45) is 0. The van der Waals surface area contributed by atoms with Crippen molar-refractivity contribution >= 4 is 26.8 Å². The molecule has 3 nitrogen and oxygen atoms in total. The summed E-state index contributed by atoms with van der Waals surface area (Å²) in [5, 5.41) is 1.04. The first-order valence-electron chi connectivity index (χ1n) is 7.02. The lowest BCUT2D eigenvalue weighted by molar-refractivity contribution is 0.417. The van der Waals surface area contributed by atoms with E-state index in [0.29, 0.717) is 6.54 Å². The maximum Gasteiger partial charge on any atom is 0.251 e.